The molecule has 1 amide bonds. The molecule has 5 heteroatoms. The van der Waals surface area contributed by atoms with Crippen molar-refractivity contribution in [2.75, 3.05) is 11.1 Å². The van der Waals surface area contributed by atoms with Crippen molar-refractivity contribution in [3.05, 3.63) is 59.4 Å². The molecule has 0 saturated carbocycles. The largest absolute Gasteiger partial charge is 0.323 e. The Bertz CT molecular complexity index is 577. The number of nitrogens with one attached hydrogen (secondary N) is 1. The van der Waals surface area contributed by atoms with E-state index < -0.39 is 5.82 Å². The van der Waals surface area contributed by atoms with E-state index >= 15 is 0 Å². The van der Waals surface area contributed by atoms with Gasteiger partial charge in [0.15, 0.2) is 0 Å². The van der Waals surface area contributed by atoms with Gasteiger partial charge in [-0.2, -0.15) is 0 Å². The van der Waals surface area contributed by atoms with E-state index in [4.69, 9.17) is 11.6 Å². The number of thioether (sulfide) groups is 1. The second-order valence-electron chi connectivity index (χ2n) is 3.77. The van der Waals surface area contributed by atoms with Crippen LogP contribution in [0.5, 0.6) is 0 Å². The van der Waals surface area contributed by atoms with Crippen molar-refractivity contribution in [3.8, 4) is 0 Å². The Morgan fingerprint density at radius 1 is 1.21 bits per heavy atom. The van der Waals surface area contributed by atoms with Crippen molar-refractivity contribution in [2.24, 2.45) is 0 Å². The highest BCUT2D eigenvalue weighted by molar-refractivity contribution is 8.00. The normalized spacial score (nSPS) is 10.2. The number of benzene rings is 2. The summed E-state index contributed by atoms with van der Waals surface area (Å²) >= 11 is 7.14. The Balaban J connectivity index is 1.93. The van der Waals surface area contributed by atoms with Crippen molar-refractivity contribution in [1.29, 1.82) is 0 Å². The summed E-state index contributed by atoms with van der Waals surface area (Å²) in [4.78, 5) is 12.7. The summed E-state index contributed by atoms with van der Waals surface area (Å²) in [5, 5.41) is 2.88. The van der Waals surface area contributed by atoms with E-state index in [2.05, 4.69) is 5.32 Å². The predicted octanol–water partition coefficient (Wildman–Crippen LogP) is 4.21. The molecule has 0 spiro atoms. The molecular formula is C14H11ClFNOS. The lowest BCUT2D eigenvalue weighted by Crippen LogP contribution is -2.15. The molecule has 0 fully saturated rings. The van der Waals surface area contributed by atoms with E-state index in [1.807, 2.05) is 30.3 Å². The summed E-state index contributed by atoms with van der Waals surface area (Å²) in [7, 11) is 0. The number of carbonyl (C=O) groups excluding carboxylic acids is 1. The summed E-state index contributed by atoms with van der Waals surface area (Å²) in [6.45, 7) is 0. The van der Waals surface area contributed by atoms with Crippen LogP contribution in [0.25, 0.3) is 0 Å². The third-order valence-corrected chi connectivity index (χ3v) is 3.56. The Morgan fingerprint density at radius 2 is 1.95 bits per heavy atom. The van der Waals surface area contributed by atoms with Crippen LogP contribution in [0.3, 0.4) is 0 Å². The Morgan fingerprint density at radius 3 is 2.68 bits per heavy atom. The molecule has 0 unspecified atom stereocenters. The predicted molar refractivity (Wildman–Crippen MR) is 77.2 cm³/mol. The maximum atomic E-state index is 13.4. The SMILES string of the molecule is O=C(CSc1ccccc1)Nc1cc(Cl)ccc1F. The fraction of sp³-hybridized carbons (Fsp3) is 0.0714. The van der Waals surface area contributed by atoms with Crippen molar-refractivity contribution in [3.63, 3.8) is 0 Å². The summed E-state index contributed by atoms with van der Waals surface area (Å²) in [6.07, 6.45) is 0. The molecule has 2 aromatic rings. The molecule has 19 heavy (non-hydrogen) atoms. The zero-order valence-corrected chi connectivity index (χ0v) is 11.5. The van der Waals surface area contributed by atoms with Gasteiger partial charge in [-0.1, -0.05) is 29.8 Å². The smallest absolute Gasteiger partial charge is 0.234 e. The monoisotopic (exact) mass is 295 g/mol. The quantitative estimate of drug-likeness (QED) is 0.856. The zero-order valence-electron chi connectivity index (χ0n) is 9.90. The van der Waals surface area contributed by atoms with E-state index in [1.54, 1.807) is 0 Å². The topological polar surface area (TPSA) is 29.1 Å². The van der Waals surface area contributed by atoms with Crippen LogP contribution in [0.1, 0.15) is 0 Å². The van der Waals surface area contributed by atoms with Gasteiger partial charge in [0.05, 0.1) is 11.4 Å². The van der Waals surface area contributed by atoms with Crippen LogP contribution in [0.4, 0.5) is 10.1 Å². The number of rotatable bonds is 4. The minimum atomic E-state index is -0.498. The van der Waals surface area contributed by atoms with Gasteiger partial charge in [-0.25, -0.2) is 4.39 Å². The van der Waals surface area contributed by atoms with Crippen molar-refractivity contribution < 1.29 is 9.18 Å². The first-order valence-electron chi connectivity index (χ1n) is 5.58. The molecular weight excluding hydrogens is 285 g/mol. The Kier molecular flexibility index (Phi) is 4.82. The molecule has 0 radical (unpaired) electrons. The Labute approximate surface area is 120 Å². The molecule has 98 valence electrons. The van der Waals surface area contributed by atoms with Crippen molar-refractivity contribution in [1.82, 2.24) is 0 Å². The number of carbonyl (C=O) groups is 1. The number of halogens is 2. The summed E-state index contributed by atoms with van der Waals surface area (Å²) in [6, 6.07) is 13.6. The van der Waals surface area contributed by atoms with E-state index in [0.717, 1.165) is 4.90 Å². The lowest BCUT2D eigenvalue weighted by atomic mass is 10.3. The van der Waals surface area contributed by atoms with Crippen LogP contribution in [-0.2, 0) is 4.79 Å². The first-order chi connectivity index (χ1) is 9.15. The van der Waals surface area contributed by atoms with Gasteiger partial charge in [0.1, 0.15) is 5.82 Å². The highest BCUT2D eigenvalue weighted by atomic mass is 35.5. The molecule has 0 aromatic heterocycles. The molecule has 0 saturated heterocycles. The van der Waals surface area contributed by atoms with Gasteiger partial charge in [-0.3, -0.25) is 4.79 Å². The highest BCUT2D eigenvalue weighted by Gasteiger charge is 2.08. The van der Waals surface area contributed by atoms with E-state index in [0.29, 0.717) is 5.02 Å². The number of amides is 1. The maximum absolute atomic E-state index is 13.4. The third-order valence-electron chi connectivity index (χ3n) is 2.32. The average Bonchev–Trinajstić information content (AvgIpc) is 2.42. The van der Waals surface area contributed by atoms with Gasteiger partial charge in [0, 0.05) is 9.92 Å². The molecule has 1 N–H and O–H groups in total. The van der Waals surface area contributed by atoms with E-state index in [9.17, 15) is 9.18 Å². The molecule has 0 aliphatic carbocycles. The third kappa shape index (κ3) is 4.26. The summed E-state index contributed by atoms with van der Waals surface area (Å²) < 4.78 is 13.4. The van der Waals surface area contributed by atoms with Crippen LogP contribution in [0, 0.1) is 5.82 Å². The van der Waals surface area contributed by atoms with Gasteiger partial charge in [0.25, 0.3) is 0 Å². The minimum Gasteiger partial charge on any atom is -0.323 e. The van der Waals surface area contributed by atoms with Crippen molar-refractivity contribution >= 4 is 35.0 Å². The summed E-state index contributed by atoms with van der Waals surface area (Å²) in [5.41, 5.74) is 0.103. The maximum Gasteiger partial charge on any atom is 0.234 e. The molecule has 2 aromatic carbocycles. The van der Waals surface area contributed by atoms with Crippen LogP contribution in [-0.4, -0.2) is 11.7 Å². The van der Waals surface area contributed by atoms with E-state index in [1.165, 1.54) is 30.0 Å². The second kappa shape index (κ2) is 6.59. The number of hydrogen-bond acceptors (Lipinski definition) is 2. The first kappa shape index (κ1) is 13.9. The molecule has 0 heterocycles. The average molecular weight is 296 g/mol. The molecule has 0 aliphatic rings. The van der Waals surface area contributed by atoms with E-state index in [-0.39, 0.29) is 17.3 Å². The molecule has 0 bridgehead atoms. The van der Waals surface area contributed by atoms with Gasteiger partial charge in [-0.15, -0.1) is 11.8 Å². The standard InChI is InChI=1S/C14H11ClFNOS/c15-10-6-7-12(16)13(8-10)17-14(18)9-19-11-4-2-1-3-5-11/h1-8H,9H2,(H,17,18). The lowest BCUT2D eigenvalue weighted by molar-refractivity contribution is -0.113. The number of anilines is 1. The zero-order chi connectivity index (χ0) is 13.7. The van der Waals surface area contributed by atoms with Gasteiger partial charge >= 0.3 is 0 Å². The fourth-order valence-corrected chi connectivity index (χ4v) is 2.34. The molecule has 2 nitrogen and oxygen atoms in total. The fourth-order valence-electron chi connectivity index (χ4n) is 1.45. The first-order valence-corrected chi connectivity index (χ1v) is 6.94. The number of hydrogen-bond donors (Lipinski definition) is 1. The molecule has 0 aliphatic heterocycles. The van der Waals surface area contributed by atoms with Crippen LogP contribution < -0.4 is 5.32 Å². The Hall–Kier alpha value is -1.52. The van der Waals surface area contributed by atoms with Crippen molar-refractivity contribution in [2.45, 2.75) is 4.90 Å². The van der Waals surface area contributed by atoms with Gasteiger partial charge < -0.3 is 5.32 Å². The van der Waals surface area contributed by atoms with Gasteiger partial charge in [-0.05, 0) is 30.3 Å². The van der Waals surface area contributed by atoms with Gasteiger partial charge in [0.2, 0.25) is 5.91 Å². The lowest BCUT2D eigenvalue weighted by Gasteiger charge is -2.06. The minimum absolute atomic E-state index is 0.103. The summed E-state index contributed by atoms with van der Waals surface area (Å²) in [5.74, 6) is -0.548. The molecule has 0 atom stereocenters. The van der Waals surface area contributed by atoms with Crippen LogP contribution in [0.2, 0.25) is 5.02 Å². The van der Waals surface area contributed by atoms with Crippen LogP contribution in [0.15, 0.2) is 53.4 Å². The second-order valence-corrected chi connectivity index (χ2v) is 5.26. The molecule has 2 rings (SSSR count). The highest BCUT2D eigenvalue weighted by Crippen LogP contribution is 2.21. The van der Waals surface area contributed by atoms with Crippen LogP contribution >= 0.6 is 23.4 Å².